The lowest BCUT2D eigenvalue weighted by Gasteiger charge is -1.99. The van der Waals surface area contributed by atoms with Crippen LogP contribution >= 0.6 is 0 Å². The Labute approximate surface area is 84.0 Å². The van der Waals surface area contributed by atoms with Gasteiger partial charge in [-0.15, -0.1) is 0 Å². The van der Waals surface area contributed by atoms with Crippen LogP contribution in [0.3, 0.4) is 0 Å². The number of rotatable bonds is 2. The van der Waals surface area contributed by atoms with Gasteiger partial charge in [0.15, 0.2) is 0 Å². The molecule has 0 N–H and O–H groups in total. The van der Waals surface area contributed by atoms with Gasteiger partial charge in [0.05, 0.1) is 22.1 Å². The molecule has 1 rings (SSSR count). The first-order valence-electron chi connectivity index (χ1n) is 4.52. The minimum Gasteiger partial charge on any atom is -0.245 e. The standard InChI is InChI=1S/C12H14N2/c1-5-9-10(6-2)14-12(8-4)11(7-3)13-9/h5-8H,1-2H2,3-4H3/b11-7+,12-8+. The van der Waals surface area contributed by atoms with Gasteiger partial charge in [-0.05, 0) is 26.0 Å². The molecule has 0 aliphatic rings. The Kier molecular flexibility index (Phi) is 3.35. The average Bonchev–Trinajstić information content (AvgIpc) is 2.26. The van der Waals surface area contributed by atoms with Crippen LogP contribution in [0.5, 0.6) is 0 Å². The molecule has 14 heavy (non-hydrogen) atoms. The maximum atomic E-state index is 4.41. The van der Waals surface area contributed by atoms with Crippen molar-refractivity contribution in [1.82, 2.24) is 9.97 Å². The lowest BCUT2D eigenvalue weighted by atomic mass is 10.3. The quantitative estimate of drug-likeness (QED) is 0.697. The van der Waals surface area contributed by atoms with Crippen LogP contribution in [0.15, 0.2) is 13.2 Å². The molecule has 0 fully saturated rings. The van der Waals surface area contributed by atoms with E-state index in [1.54, 1.807) is 12.2 Å². The van der Waals surface area contributed by atoms with Crippen molar-refractivity contribution in [2.45, 2.75) is 13.8 Å². The summed E-state index contributed by atoms with van der Waals surface area (Å²) < 4.78 is 0. The van der Waals surface area contributed by atoms with Gasteiger partial charge in [-0.2, -0.15) is 0 Å². The van der Waals surface area contributed by atoms with Gasteiger partial charge in [-0.25, -0.2) is 9.97 Å². The van der Waals surface area contributed by atoms with Crippen molar-refractivity contribution in [3.05, 3.63) is 35.2 Å². The van der Waals surface area contributed by atoms with Crippen LogP contribution in [0, 0.1) is 0 Å². The number of hydrogen-bond acceptors (Lipinski definition) is 2. The fraction of sp³-hybridized carbons (Fsp3) is 0.167. The Hall–Kier alpha value is -1.70. The molecule has 0 aliphatic carbocycles. The van der Waals surface area contributed by atoms with Crippen molar-refractivity contribution in [2.75, 3.05) is 0 Å². The third kappa shape index (κ3) is 1.79. The molecule has 0 aromatic carbocycles. The number of aromatic nitrogens is 2. The van der Waals surface area contributed by atoms with Crippen LogP contribution in [0.25, 0.3) is 24.3 Å². The average molecular weight is 186 g/mol. The van der Waals surface area contributed by atoms with E-state index in [-0.39, 0.29) is 0 Å². The first-order chi connectivity index (χ1) is 6.76. The molecule has 72 valence electrons. The van der Waals surface area contributed by atoms with Crippen LogP contribution in [0.2, 0.25) is 0 Å². The zero-order valence-electron chi connectivity index (χ0n) is 8.62. The maximum Gasteiger partial charge on any atom is 0.0888 e. The van der Waals surface area contributed by atoms with Crippen molar-refractivity contribution >= 4 is 24.3 Å². The van der Waals surface area contributed by atoms with Crippen LogP contribution in [0.4, 0.5) is 0 Å². The van der Waals surface area contributed by atoms with Gasteiger partial charge < -0.3 is 0 Å². The minimum atomic E-state index is 0.777. The van der Waals surface area contributed by atoms with E-state index >= 15 is 0 Å². The van der Waals surface area contributed by atoms with Crippen molar-refractivity contribution in [3.63, 3.8) is 0 Å². The third-order valence-electron chi connectivity index (χ3n) is 1.94. The van der Waals surface area contributed by atoms with Crippen LogP contribution in [-0.4, -0.2) is 9.97 Å². The summed E-state index contributed by atoms with van der Waals surface area (Å²) in [4.78, 5) is 8.83. The van der Waals surface area contributed by atoms with Gasteiger partial charge in [0, 0.05) is 0 Å². The van der Waals surface area contributed by atoms with Gasteiger partial charge >= 0.3 is 0 Å². The molecular formula is C12H14N2. The van der Waals surface area contributed by atoms with Crippen molar-refractivity contribution in [3.8, 4) is 0 Å². The highest BCUT2D eigenvalue weighted by Crippen LogP contribution is 2.00. The smallest absolute Gasteiger partial charge is 0.0888 e. The van der Waals surface area contributed by atoms with Gasteiger partial charge in [0.2, 0.25) is 0 Å². The molecule has 2 heteroatoms. The number of nitrogens with zero attached hydrogens (tertiary/aromatic N) is 2. The Balaban J connectivity index is 3.69. The van der Waals surface area contributed by atoms with E-state index in [1.807, 2.05) is 26.0 Å². The summed E-state index contributed by atoms with van der Waals surface area (Å²) in [5, 5.41) is 1.76. The molecular weight excluding hydrogens is 172 g/mol. The first-order valence-corrected chi connectivity index (χ1v) is 4.52. The van der Waals surface area contributed by atoms with Crippen molar-refractivity contribution in [2.24, 2.45) is 0 Å². The monoisotopic (exact) mass is 186 g/mol. The molecule has 1 heterocycles. The van der Waals surface area contributed by atoms with Crippen molar-refractivity contribution < 1.29 is 0 Å². The highest BCUT2D eigenvalue weighted by molar-refractivity contribution is 5.56. The molecule has 0 saturated carbocycles. The molecule has 0 bridgehead atoms. The van der Waals surface area contributed by atoms with Gasteiger partial charge in [-0.1, -0.05) is 25.3 Å². The van der Waals surface area contributed by atoms with Crippen LogP contribution < -0.4 is 10.7 Å². The largest absolute Gasteiger partial charge is 0.245 e. The zero-order valence-corrected chi connectivity index (χ0v) is 8.62. The summed E-state index contributed by atoms with van der Waals surface area (Å²) in [5.41, 5.74) is 1.55. The summed E-state index contributed by atoms with van der Waals surface area (Å²) in [7, 11) is 0. The van der Waals surface area contributed by atoms with Gasteiger partial charge in [0.1, 0.15) is 0 Å². The fourth-order valence-corrected chi connectivity index (χ4v) is 1.21. The molecule has 0 radical (unpaired) electrons. The topological polar surface area (TPSA) is 25.8 Å². The van der Waals surface area contributed by atoms with Gasteiger partial charge in [-0.3, -0.25) is 0 Å². The Morgan fingerprint density at radius 3 is 1.43 bits per heavy atom. The van der Waals surface area contributed by atoms with E-state index in [0.717, 1.165) is 22.1 Å². The maximum absolute atomic E-state index is 4.41. The summed E-state index contributed by atoms with van der Waals surface area (Å²) in [6.07, 6.45) is 7.25. The number of hydrogen-bond donors (Lipinski definition) is 0. The van der Waals surface area contributed by atoms with E-state index in [2.05, 4.69) is 23.1 Å². The van der Waals surface area contributed by atoms with Gasteiger partial charge in [0.25, 0.3) is 0 Å². The van der Waals surface area contributed by atoms with Crippen LogP contribution in [0.1, 0.15) is 25.2 Å². The summed E-state index contributed by atoms with van der Waals surface area (Å²) >= 11 is 0. The zero-order chi connectivity index (χ0) is 10.6. The highest BCUT2D eigenvalue weighted by atomic mass is 14.8. The first kappa shape index (κ1) is 10.4. The molecule has 0 unspecified atom stereocenters. The molecule has 0 amide bonds. The third-order valence-corrected chi connectivity index (χ3v) is 1.94. The van der Waals surface area contributed by atoms with E-state index in [1.165, 1.54) is 0 Å². The van der Waals surface area contributed by atoms with E-state index in [9.17, 15) is 0 Å². The lowest BCUT2D eigenvalue weighted by molar-refractivity contribution is 1.06. The Bertz CT molecular complexity index is 425. The van der Waals surface area contributed by atoms with E-state index in [4.69, 9.17) is 0 Å². The van der Waals surface area contributed by atoms with Crippen molar-refractivity contribution in [1.29, 1.82) is 0 Å². The SMILES string of the molecule is C=Cc1nc(=C/C)/c(=C\C)nc1C=C. The Morgan fingerprint density at radius 1 is 0.857 bits per heavy atom. The second kappa shape index (κ2) is 4.51. The lowest BCUT2D eigenvalue weighted by Crippen LogP contribution is -2.32. The molecule has 2 nitrogen and oxygen atoms in total. The second-order valence-electron chi connectivity index (χ2n) is 2.75. The predicted octanol–water partition coefficient (Wildman–Crippen LogP) is 1.36. The molecule has 0 saturated heterocycles. The molecule has 0 atom stereocenters. The highest BCUT2D eigenvalue weighted by Gasteiger charge is 1.98. The molecule has 0 spiro atoms. The summed E-state index contributed by atoms with van der Waals surface area (Å²) in [5.74, 6) is 0. The molecule has 1 aromatic rings. The second-order valence-corrected chi connectivity index (χ2v) is 2.75. The minimum absolute atomic E-state index is 0.777. The molecule has 0 aliphatic heterocycles. The Morgan fingerprint density at radius 2 is 1.21 bits per heavy atom. The molecule has 1 aromatic heterocycles. The van der Waals surface area contributed by atoms with Crippen LogP contribution in [-0.2, 0) is 0 Å². The van der Waals surface area contributed by atoms with E-state index < -0.39 is 0 Å². The summed E-state index contributed by atoms with van der Waals surface area (Å²) in [6.45, 7) is 11.3. The normalized spacial score (nSPS) is 13.0. The summed E-state index contributed by atoms with van der Waals surface area (Å²) in [6, 6.07) is 0. The van der Waals surface area contributed by atoms with E-state index in [0.29, 0.717) is 0 Å². The predicted molar refractivity (Wildman–Crippen MR) is 61.7 cm³/mol. The fourth-order valence-electron chi connectivity index (χ4n) is 1.21.